The molecule has 0 radical (unpaired) electrons. The van der Waals surface area contributed by atoms with Crippen LogP contribution in [0.5, 0.6) is 0 Å². The fraction of sp³-hybridized carbons (Fsp3) is 0.467. The fourth-order valence-corrected chi connectivity index (χ4v) is 3.36. The van der Waals surface area contributed by atoms with Crippen LogP contribution in [0.25, 0.3) is 0 Å². The summed E-state index contributed by atoms with van der Waals surface area (Å²) in [7, 11) is 0. The van der Waals surface area contributed by atoms with Crippen molar-refractivity contribution in [2.75, 3.05) is 6.54 Å². The van der Waals surface area contributed by atoms with E-state index >= 15 is 0 Å². The van der Waals surface area contributed by atoms with Gasteiger partial charge in [-0.25, -0.2) is 9.78 Å². The molecule has 2 heterocycles. The van der Waals surface area contributed by atoms with Gasteiger partial charge < -0.3 is 14.6 Å². The number of aromatic nitrogens is 2. The summed E-state index contributed by atoms with van der Waals surface area (Å²) in [6, 6.07) is 2.10. The molecule has 2 rings (SSSR count). The van der Waals surface area contributed by atoms with Gasteiger partial charge in [0.15, 0.2) is 0 Å². The van der Waals surface area contributed by atoms with E-state index in [1.807, 2.05) is 33.3 Å². The highest BCUT2D eigenvalue weighted by molar-refractivity contribution is 9.10. The van der Waals surface area contributed by atoms with Crippen molar-refractivity contribution < 1.29 is 9.53 Å². The van der Waals surface area contributed by atoms with Crippen molar-refractivity contribution >= 4 is 33.4 Å². The Morgan fingerprint density at radius 2 is 2.27 bits per heavy atom. The molecule has 0 fully saturated rings. The van der Waals surface area contributed by atoms with Gasteiger partial charge in [-0.2, -0.15) is 0 Å². The smallest absolute Gasteiger partial charge is 0.407 e. The first-order chi connectivity index (χ1) is 10.3. The van der Waals surface area contributed by atoms with E-state index < -0.39 is 5.60 Å². The van der Waals surface area contributed by atoms with E-state index in [1.165, 1.54) is 4.88 Å². The summed E-state index contributed by atoms with van der Waals surface area (Å²) in [5.41, 5.74) is 0.610. The zero-order valence-corrected chi connectivity index (χ0v) is 15.3. The Morgan fingerprint density at radius 1 is 1.50 bits per heavy atom. The summed E-state index contributed by atoms with van der Waals surface area (Å²) in [5, 5.41) is 4.83. The minimum atomic E-state index is -0.474. The lowest BCUT2D eigenvalue weighted by Gasteiger charge is -2.19. The lowest BCUT2D eigenvalue weighted by molar-refractivity contribution is 0.0528. The van der Waals surface area contributed by atoms with Gasteiger partial charge >= 0.3 is 6.09 Å². The Labute approximate surface area is 142 Å². The Hall–Kier alpha value is -1.34. The van der Waals surface area contributed by atoms with E-state index in [0.29, 0.717) is 13.0 Å². The number of imidazole rings is 1. The van der Waals surface area contributed by atoms with Crippen molar-refractivity contribution in [3.05, 3.63) is 39.0 Å². The second kappa shape index (κ2) is 7.28. The monoisotopic (exact) mass is 385 g/mol. The number of thiophene rings is 1. The Balaban J connectivity index is 1.84. The zero-order chi connectivity index (χ0) is 16.2. The van der Waals surface area contributed by atoms with Gasteiger partial charge in [-0.05, 0) is 42.8 Å². The molecule has 120 valence electrons. The highest BCUT2D eigenvalue weighted by Gasteiger charge is 2.15. The standard InChI is InChI=1S/C15H20BrN3O2S/c1-15(2,3)21-14(20)18-5-4-12-7-17-10-19(12)8-13-6-11(16)9-22-13/h6-7,9-10H,4-5,8H2,1-3H3,(H,18,20). The molecule has 0 aromatic carbocycles. The number of ether oxygens (including phenoxy) is 1. The molecule has 0 unspecified atom stereocenters. The number of nitrogens with one attached hydrogen (secondary N) is 1. The average Bonchev–Trinajstić information content (AvgIpc) is 2.98. The van der Waals surface area contributed by atoms with Crippen LogP contribution in [0.1, 0.15) is 31.3 Å². The van der Waals surface area contributed by atoms with E-state index in [4.69, 9.17) is 4.74 Å². The van der Waals surface area contributed by atoms with E-state index in [2.05, 4.69) is 42.2 Å². The number of nitrogens with zero attached hydrogens (tertiary/aromatic N) is 2. The zero-order valence-electron chi connectivity index (χ0n) is 12.9. The topological polar surface area (TPSA) is 56.1 Å². The first kappa shape index (κ1) is 17.0. The average molecular weight is 386 g/mol. The molecule has 0 aliphatic carbocycles. The van der Waals surface area contributed by atoms with Crippen LogP contribution < -0.4 is 5.32 Å². The molecule has 0 saturated carbocycles. The molecule has 1 N–H and O–H groups in total. The summed E-state index contributed by atoms with van der Waals surface area (Å²) in [6.07, 6.45) is 3.97. The number of rotatable bonds is 5. The van der Waals surface area contributed by atoms with Gasteiger partial charge in [0.1, 0.15) is 5.60 Å². The van der Waals surface area contributed by atoms with Crippen LogP contribution in [0, 0.1) is 0 Å². The highest BCUT2D eigenvalue weighted by Crippen LogP contribution is 2.21. The van der Waals surface area contributed by atoms with Crippen LogP contribution in [0.15, 0.2) is 28.4 Å². The van der Waals surface area contributed by atoms with Gasteiger partial charge in [0, 0.05) is 39.6 Å². The molecular weight excluding hydrogens is 366 g/mol. The van der Waals surface area contributed by atoms with Crippen molar-refractivity contribution in [1.29, 1.82) is 0 Å². The number of hydrogen-bond donors (Lipinski definition) is 1. The third-order valence-electron chi connectivity index (χ3n) is 2.80. The van der Waals surface area contributed by atoms with Crippen LogP contribution >= 0.6 is 27.3 Å². The Morgan fingerprint density at radius 3 is 2.91 bits per heavy atom. The third kappa shape index (κ3) is 5.46. The largest absolute Gasteiger partial charge is 0.444 e. The van der Waals surface area contributed by atoms with E-state index in [0.717, 1.165) is 16.7 Å². The predicted molar refractivity (Wildman–Crippen MR) is 91.3 cm³/mol. The quantitative estimate of drug-likeness (QED) is 0.850. The lowest BCUT2D eigenvalue weighted by atomic mass is 10.2. The number of carbonyl (C=O) groups excluding carboxylic acids is 1. The van der Waals surface area contributed by atoms with Gasteiger partial charge in [-0.3, -0.25) is 0 Å². The maximum Gasteiger partial charge on any atom is 0.407 e. The predicted octanol–water partition coefficient (Wildman–Crippen LogP) is 3.82. The summed E-state index contributed by atoms with van der Waals surface area (Å²) < 4.78 is 8.40. The van der Waals surface area contributed by atoms with E-state index in [1.54, 1.807) is 11.3 Å². The normalized spacial score (nSPS) is 11.5. The molecule has 22 heavy (non-hydrogen) atoms. The van der Waals surface area contributed by atoms with Crippen LogP contribution in [0.3, 0.4) is 0 Å². The van der Waals surface area contributed by atoms with Gasteiger partial charge in [0.25, 0.3) is 0 Å². The molecule has 2 aromatic heterocycles. The van der Waals surface area contributed by atoms with Crippen molar-refractivity contribution in [2.24, 2.45) is 0 Å². The van der Waals surface area contributed by atoms with Gasteiger partial charge in [0.2, 0.25) is 0 Å². The molecule has 0 aliphatic heterocycles. The molecule has 5 nitrogen and oxygen atoms in total. The molecule has 1 amide bonds. The Bertz CT molecular complexity index is 631. The third-order valence-corrected chi connectivity index (χ3v) is 4.48. The second-order valence-electron chi connectivity index (χ2n) is 5.92. The molecular formula is C15H20BrN3O2S. The molecule has 0 aliphatic rings. The van der Waals surface area contributed by atoms with Crippen LogP contribution in [0.2, 0.25) is 0 Å². The van der Waals surface area contributed by atoms with E-state index in [9.17, 15) is 4.79 Å². The van der Waals surface area contributed by atoms with Crippen LogP contribution in [0.4, 0.5) is 4.79 Å². The minimum Gasteiger partial charge on any atom is -0.444 e. The van der Waals surface area contributed by atoms with Crippen LogP contribution in [-0.2, 0) is 17.7 Å². The number of hydrogen-bond acceptors (Lipinski definition) is 4. The van der Waals surface area contributed by atoms with Gasteiger partial charge in [-0.15, -0.1) is 11.3 Å². The number of amides is 1. The molecule has 0 atom stereocenters. The first-order valence-corrected chi connectivity index (χ1v) is 8.69. The molecule has 0 spiro atoms. The Kier molecular flexibility index (Phi) is 5.63. The highest BCUT2D eigenvalue weighted by atomic mass is 79.9. The van der Waals surface area contributed by atoms with Gasteiger partial charge in [0.05, 0.1) is 12.9 Å². The number of halogens is 1. The number of alkyl carbamates (subject to hydrolysis) is 1. The summed E-state index contributed by atoms with van der Waals surface area (Å²) in [5.74, 6) is 0. The van der Waals surface area contributed by atoms with Crippen molar-refractivity contribution in [3.63, 3.8) is 0 Å². The van der Waals surface area contributed by atoms with Crippen LogP contribution in [-0.4, -0.2) is 27.8 Å². The van der Waals surface area contributed by atoms with Gasteiger partial charge in [-0.1, -0.05) is 0 Å². The van der Waals surface area contributed by atoms with Crippen molar-refractivity contribution in [2.45, 2.75) is 39.3 Å². The summed E-state index contributed by atoms with van der Waals surface area (Å²) in [6.45, 7) is 6.86. The van der Waals surface area contributed by atoms with Crippen molar-refractivity contribution in [3.8, 4) is 0 Å². The lowest BCUT2D eigenvalue weighted by Crippen LogP contribution is -2.33. The minimum absolute atomic E-state index is 0.388. The second-order valence-corrected chi connectivity index (χ2v) is 7.83. The maximum atomic E-state index is 11.6. The summed E-state index contributed by atoms with van der Waals surface area (Å²) >= 11 is 5.17. The van der Waals surface area contributed by atoms with Crippen molar-refractivity contribution in [1.82, 2.24) is 14.9 Å². The fourth-order valence-electron chi connectivity index (χ4n) is 1.91. The SMILES string of the molecule is CC(C)(C)OC(=O)NCCc1cncn1Cc1cc(Br)cs1. The van der Waals surface area contributed by atoms with E-state index in [-0.39, 0.29) is 6.09 Å². The summed E-state index contributed by atoms with van der Waals surface area (Å²) in [4.78, 5) is 17.1. The molecule has 7 heteroatoms. The molecule has 0 bridgehead atoms. The number of carbonyl (C=O) groups is 1. The molecule has 0 saturated heterocycles. The maximum absolute atomic E-state index is 11.6. The first-order valence-electron chi connectivity index (χ1n) is 7.02. The molecule has 2 aromatic rings.